The topological polar surface area (TPSA) is 57.1 Å². The van der Waals surface area contributed by atoms with E-state index < -0.39 is 0 Å². The normalized spacial score (nSPS) is 18.3. The predicted molar refractivity (Wildman–Crippen MR) is 117 cm³/mol. The zero-order valence-corrected chi connectivity index (χ0v) is 16.9. The van der Waals surface area contributed by atoms with Gasteiger partial charge in [-0.2, -0.15) is 5.10 Å². The van der Waals surface area contributed by atoms with E-state index in [4.69, 9.17) is 4.99 Å². The molecule has 0 bridgehead atoms. The number of hydrogen-bond acceptors (Lipinski definition) is 5. The minimum absolute atomic E-state index is 0.0393. The zero-order chi connectivity index (χ0) is 19.5. The molecule has 6 heteroatoms. The van der Waals surface area contributed by atoms with E-state index in [-0.39, 0.29) is 11.9 Å². The Morgan fingerprint density at radius 1 is 1.25 bits per heavy atom. The van der Waals surface area contributed by atoms with Crippen LogP contribution in [0.15, 0.2) is 58.6 Å². The predicted octanol–water partition coefficient (Wildman–Crippen LogP) is 5.31. The average Bonchev–Trinajstić information content (AvgIpc) is 3.22. The number of carbonyl (C=O) groups excluding carboxylic acids is 1. The highest BCUT2D eigenvalue weighted by atomic mass is 32.2. The average molecular weight is 393 g/mol. The molecule has 0 saturated heterocycles. The van der Waals surface area contributed by atoms with Gasteiger partial charge in [0, 0.05) is 23.9 Å². The molecule has 0 spiro atoms. The maximum atomic E-state index is 12.4. The standard InChI is InChI=1S/C22H24N4OS/c1-3-15(2)16-8-10-17(11-9-16)24-21(27)14-28-22-25-19-7-5-4-6-18(19)20-12-13-23-26(20)22/h4-11,13,15,20H,3,12,14H2,1-2H3,(H,24,27). The lowest BCUT2D eigenvalue weighted by atomic mass is 9.99. The summed E-state index contributed by atoms with van der Waals surface area (Å²) in [4.78, 5) is 17.1. The minimum atomic E-state index is -0.0393. The van der Waals surface area contributed by atoms with Crippen LogP contribution in [-0.2, 0) is 4.79 Å². The molecule has 0 saturated carbocycles. The van der Waals surface area contributed by atoms with Crippen LogP contribution in [0.3, 0.4) is 0 Å². The first-order valence-electron chi connectivity index (χ1n) is 9.67. The quantitative estimate of drug-likeness (QED) is 0.750. The number of fused-ring (bicyclic) bond motifs is 3. The second-order valence-corrected chi connectivity index (χ2v) is 8.06. The summed E-state index contributed by atoms with van der Waals surface area (Å²) >= 11 is 1.43. The number of hydrogen-bond donors (Lipinski definition) is 1. The van der Waals surface area contributed by atoms with Gasteiger partial charge < -0.3 is 5.32 Å². The lowest BCUT2D eigenvalue weighted by Gasteiger charge is -2.29. The molecule has 1 amide bonds. The third-order valence-corrected chi connectivity index (χ3v) is 6.19. The molecule has 2 aromatic carbocycles. The molecule has 2 aromatic rings. The number of nitrogens with one attached hydrogen (secondary N) is 1. The van der Waals surface area contributed by atoms with Crippen LogP contribution in [0.1, 0.15) is 49.8 Å². The van der Waals surface area contributed by atoms with Crippen molar-refractivity contribution >= 4 is 40.4 Å². The Morgan fingerprint density at radius 2 is 2.04 bits per heavy atom. The molecule has 1 N–H and O–H groups in total. The first kappa shape index (κ1) is 18.7. The number of amides is 1. The molecule has 5 nitrogen and oxygen atoms in total. The Hall–Kier alpha value is -2.60. The fourth-order valence-corrected chi connectivity index (χ4v) is 4.24. The second kappa shape index (κ2) is 8.19. The number of anilines is 1. The highest BCUT2D eigenvalue weighted by molar-refractivity contribution is 8.14. The van der Waals surface area contributed by atoms with E-state index in [2.05, 4.69) is 42.5 Å². The molecular weight excluding hydrogens is 368 g/mol. The van der Waals surface area contributed by atoms with Crippen LogP contribution >= 0.6 is 11.8 Å². The number of benzene rings is 2. The first-order chi connectivity index (χ1) is 13.7. The van der Waals surface area contributed by atoms with E-state index in [9.17, 15) is 4.79 Å². The number of rotatable bonds is 5. The van der Waals surface area contributed by atoms with Crippen LogP contribution in [0, 0.1) is 0 Å². The second-order valence-electron chi connectivity index (χ2n) is 7.12. The SMILES string of the molecule is CCC(C)c1ccc(NC(=O)CSC2=Nc3ccccc3C3CC=NN23)cc1. The number of nitrogens with zero attached hydrogens (tertiary/aromatic N) is 3. The Balaban J connectivity index is 1.39. The lowest BCUT2D eigenvalue weighted by molar-refractivity contribution is -0.113. The maximum Gasteiger partial charge on any atom is 0.234 e. The number of para-hydroxylation sites is 1. The molecule has 0 aliphatic carbocycles. The molecule has 2 unspecified atom stereocenters. The highest BCUT2D eigenvalue weighted by Gasteiger charge is 2.32. The number of hydrazone groups is 1. The fourth-order valence-electron chi connectivity index (χ4n) is 3.44. The Kier molecular flexibility index (Phi) is 5.48. The summed E-state index contributed by atoms with van der Waals surface area (Å²) in [7, 11) is 0. The highest BCUT2D eigenvalue weighted by Crippen LogP contribution is 2.40. The number of aliphatic imine (C=N–C) groups is 1. The molecule has 2 aliphatic heterocycles. The van der Waals surface area contributed by atoms with Crippen molar-refractivity contribution in [2.24, 2.45) is 10.1 Å². The summed E-state index contributed by atoms with van der Waals surface area (Å²) < 4.78 is 0. The van der Waals surface area contributed by atoms with Gasteiger partial charge in [0.05, 0.1) is 17.5 Å². The van der Waals surface area contributed by atoms with Crippen LogP contribution in [0.5, 0.6) is 0 Å². The Morgan fingerprint density at radius 3 is 2.82 bits per heavy atom. The third kappa shape index (κ3) is 3.83. The summed E-state index contributed by atoms with van der Waals surface area (Å²) in [6, 6.07) is 16.4. The third-order valence-electron chi connectivity index (χ3n) is 5.25. The van der Waals surface area contributed by atoms with Crippen molar-refractivity contribution in [3.05, 3.63) is 59.7 Å². The van der Waals surface area contributed by atoms with Crippen molar-refractivity contribution in [2.45, 2.75) is 38.6 Å². The summed E-state index contributed by atoms with van der Waals surface area (Å²) in [5.41, 5.74) is 4.28. The smallest absolute Gasteiger partial charge is 0.234 e. The van der Waals surface area contributed by atoms with Crippen LogP contribution in [0.2, 0.25) is 0 Å². The number of amidine groups is 1. The van der Waals surface area contributed by atoms with E-state index in [1.807, 2.05) is 41.6 Å². The molecule has 0 fully saturated rings. The van der Waals surface area contributed by atoms with Gasteiger partial charge in [-0.1, -0.05) is 55.9 Å². The van der Waals surface area contributed by atoms with Gasteiger partial charge in [0.25, 0.3) is 0 Å². The molecule has 0 aromatic heterocycles. The van der Waals surface area contributed by atoms with Gasteiger partial charge in [0.1, 0.15) is 0 Å². The van der Waals surface area contributed by atoms with Gasteiger partial charge in [-0.15, -0.1) is 0 Å². The molecular formula is C22H24N4OS. The first-order valence-corrected chi connectivity index (χ1v) is 10.7. The van der Waals surface area contributed by atoms with Crippen molar-refractivity contribution in [2.75, 3.05) is 11.1 Å². The van der Waals surface area contributed by atoms with Crippen molar-refractivity contribution in [3.8, 4) is 0 Å². The van der Waals surface area contributed by atoms with Crippen LogP contribution in [-0.4, -0.2) is 28.1 Å². The van der Waals surface area contributed by atoms with Gasteiger partial charge in [0.2, 0.25) is 5.91 Å². The zero-order valence-electron chi connectivity index (χ0n) is 16.1. The molecule has 2 atom stereocenters. The van der Waals surface area contributed by atoms with Crippen molar-refractivity contribution in [3.63, 3.8) is 0 Å². The maximum absolute atomic E-state index is 12.4. The van der Waals surface area contributed by atoms with Crippen LogP contribution in [0.25, 0.3) is 0 Å². The molecule has 4 rings (SSSR count). The molecule has 2 heterocycles. The van der Waals surface area contributed by atoms with Crippen LogP contribution < -0.4 is 5.32 Å². The van der Waals surface area contributed by atoms with E-state index in [1.54, 1.807) is 0 Å². The van der Waals surface area contributed by atoms with Gasteiger partial charge in [-0.3, -0.25) is 4.79 Å². The Labute approximate surface area is 169 Å². The molecule has 0 radical (unpaired) electrons. The van der Waals surface area contributed by atoms with E-state index in [0.29, 0.717) is 11.7 Å². The minimum Gasteiger partial charge on any atom is -0.325 e. The number of carbonyl (C=O) groups is 1. The van der Waals surface area contributed by atoms with Crippen LogP contribution in [0.4, 0.5) is 11.4 Å². The molecule has 144 valence electrons. The number of thioether (sulfide) groups is 1. The van der Waals surface area contributed by atoms with Gasteiger partial charge in [-0.05, 0) is 36.1 Å². The molecule has 2 aliphatic rings. The summed E-state index contributed by atoms with van der Waals surface area (Å²) in [6.07, 6.45) is 3.89. The van der Waals surface area contributed by atoms with Crippen molar-refractivity contribution in [1.82, 2.24) is 5.01 Å². The van der Waals surface area contributed by atoms with E-state index >= 15 is 0 Å². The summed E-state index contributed by atoms with van der Waals surface area (Å²) in [5, 5.41) is 10.1. The fraction of sp³-hybridized carbons (Fsp3) is 0.318. The summed E-state index contributed by atoms with van der Waals surface area (Å²) in [6.45, 7) is 4.39. The molecule has 28 heavy (non-hydrogen) atoms. The van der Waals surface area contributed by atoms with Gasteiger partial charge in [-0.25, -0.2) is 10.0 Å². The monoisotopic (exact) mass is 392 g/mol. The van der Waals surface area contributed by atoms with Crippen molar-refractivity contribution in [1.29, 1.82) is 0 Å². The van der Waals surface area contributed by atoms with E-state index in [1.165, 1.54) is 22.9 Å². The van der Waals surface area contributed by atoms with E-state index in [0.717, 1.165) is 29.4 Å². The largest absolute Gasteiger partial charge is 0.325 e. The summed E-state index contributed by atoms with van der Waals surface area (Å²) in [5.74, 6) is 0.788. The van der Waals surface area contributed by atoms with Crippen molar-refractivity contribution < 1.29 is 4.79 Å². The van der Waals surface area contributed by atoms with Gasteiger partial charge in [0.15, 0.2) is 5.17 Å². The lowest BCUT2D eigenvalue weighted by Crippen LogP contribution is -2.29. The van der Waals surface area contributed by atoms with Gasteiger partial charge >= 0.3 is 0 Å². The Bertz CT molecular complexity index is 922.